The molecule has 0 atom stereocenters. The molecule has 76 valence electrons. The Labute approximate surface area is 91.6 Å². The lowest BCUT2D eigenvalue weighted by molar-refractivity contribution is 0.431. The molecule has 0 radical (unpaired) electrons. The van der Waals surface area contributed by atoms with E-state index >= 15 is 0 Å². The van der Waals surface area contributed by atoms with Gasteiger partial charge in [-0.25, -0.2) is 4.39 Å². The molecule has 1 fully saturated rings. The minimum absolute atomic E-state index is 0.191. The Balaban J connectivity index is 2.49. The zero-order valence-corrected chi connectivity index (χ0v) is 9.48. The molecular formula is C11H13BrFN. The molecule has 3 heteroatoms. The molecule has 1 aliphatic carbocycles. The van der Waals surface area contributed by atoms with Gasteiger partial charge >= 0.3 is 0 Å². The van der Waals surface area contributed by atoms with Crippen molar-refractivity contribution in [2.24, 2.45) is 5.73 Å². The Hall–Kier alpha value is -0.410. The van der Waals surface area contributed by atoms with Crippen molar-refractivity contribution in [1.29, 1.82) is 0 Å². The molecule has 1 nitrogen and oxygen atoms in total. The fourth-order valence-corrected chi connectivity index (χ4v) is 2.97. The van der Waals surface area contributed by atoms with E-state index in [-0.39, 0.29) is 5.82 Å². The van der Waals surface area contributed by atoms with Gasteiger partial charge in [0.2, 0.25) is 0 Å². The molecule has 0 aliphatic heterocycles. The van der Waals surface area contributed by atoms with Crippen LogP contribution < -0.4 is 5.73 Å². The van der Waals surface area contributed by atoms with Gasteiger partial charge in [0.1, 0.15) is 5.82 Å². The van der Waals surface area contributed by atoms with Gasteiger partial charge < -0.3 is 5.73 Å². The first-order valence-electron chi connectivity index (χ1n) is 4.87. The predicted molar refractivity (Wildman–Crippen MR) is 58.4 cm³/mol. The van der Waals surface area contributed by atoms with E-state index in [4.69, 9.17) is 5.73 Å². The van der Waals surface area contributed by atoms with Crippen LogP contribution in [0.15, 0.2) is 22.7 Å². The van der Waals surface area contributed by atoms with Crippen molar-refractivity contribution in [2.75, 3.05) is 0 Å². The van der Waals surface area contributed by atoms with Crippen molar-refractivity contribution in [3.05, 3.63) is 34.1 Å². The van der Waals surface area contributed by atoms with Crippen LogP contribution in [0.5, 0.6) is 0 Å². The molecule has 0 amide bonds. The summed E-state index contributed by atoms with van der Waals surface area (Å²) in [5.41, 5.74) is 6.41. The maximum Gasteiger partial charge on any atom is 0.129 e. The van der Waals surface area contributed by atoms with Crippen LogP contribution in [-0.4, -0.2) is 0 Å². The third-order valence-corrected chi connectivity index (χ3v) is 3.62. The summed E-state index contributed by atoms with van der Waals surface area (Å²) < 4.78 is 14.4. The largest absolute Gasteiger partial charge is 0.321 e. The highest BCUT2D eigenvalue weighted by Crippen LogP contribution is 2.40. The number of rotatable bonds is 1. The maximum absolute atomic E-state index is 13.6. The number of hydrogen-bond donors (Lipinski definition) is 1. The smallest absolute Gasteiger partial charge is 0.129 e. The molecule has 0 saturated heterocycles. The molecule has 1 aromatic rings. The second kappa shape index (κ2) is 3.63. The normalized spacial score (nSPS) is 19.9. The second-order valence-electron chi connectivity index (χ2n) is 3.96. The zero-order chi connectivity index (χ0) is 10.2. The monoisotopic (exact) mass is 257 g/mol. The summed E-state index contributed by atoms with van der Waals surface area (Å²) in [6.07, 6.45) is 3.95. The van der Waals surface area contributed by atoms with Crippen molar-refractivity contribution >= 4 is 15.9 Å². The summed E-state index contributed by atoms with van der Waals surface area (Å²) in [5.74, 6) is -0.191. The molecule has 1 aliphatic rings. The number of halogens is 2. The lowest BCUT2D eigenvalue weighted by Crippen LogP contribution is -2.34. The molecule has 0 spiro atoms. The minimum atomic E-state index is -0.454. The first-order chi connectivity index (χ1) is 6.63. The average molecular weight is 258 g/mol. The van der Waals surface area contributed by atoms with E-state index in [0.29, 0.717) is 5.56 Å². The van der Waals surface area contributed by atoms with Crippen molar-refractivity contribution in [3.8, 4) is 0 Å². The molecule has 0 aromatic heterocycles. The van der Waals surface area contributed by atoms with Gasteiger partial charge in [-0.15, -0.1) is 0 Å². The molecule has 1 aromatic carbocycles. The Morgan fingerprint density at radius 3 is 2.50 bits per heavy atom. The van der Waals surface area contributed by atoms with Crippen molar-refractivity contribution < 1.29 is 4.39 Å². The highest BCUT2D eigenvalue weighted by molar-refractivity contribution is 9.10. The van der Waals surface area contributed by atoms with E-state index in [1.54, 1.807) is 6.07 Å². The van der Waals surface area contributed by atoms with E-state index in [0.717, 1.165) is 30.2 Å². The van der Waals surface area contributed by atoms with Crippen LogP contribution in [0.3, 0.4) is 0 Å². The molecule has 2 rings (SSSR count). The zero-order valence-electron chi connectivity index (χ0n) is 7.89. The van der Waals surface area contributed by atoms with E-state index < -0.39 is 5.54 Å². The van der Waals surface area contributed by atoms with Crippen LogP contribution in [-0.2, 0) is 5.54 Å². The predicted octanol–water partition coefficient (Wildman–Crippen LogP) is 3.32. The van der Waals surface area contributed by atoms with Gasteiger partial charge in [-0.3, -0.25) is 0 Å². The van der Waals surface area contributed by atoms with E-state index in [1.807, 2.05) is 6.07 Å². The van der Waals surface area contributed by atoms with Crippen LogP contribution in [0, 0.1) is 5.82 Å². The molecule has 1 saturated carbocycles. The molecule has 0 bridgehead atoms. The third-order valence-electron chi connectivity index (χ3n) is 2.96. The molecule has 0 unspecified atom stereocenters. The van der Waals surface area contributed by atoms with Gasteiger partial charge in [-0.2, -0.15) is 0 Å². The van der Waals surface area contributed by atoms with Crippen LogP contribution in [0.25, 0.3) is 0 Å². The molecule has 2 N–H and O–H groups in total. The Bertz CT molecular complexity index is 325. The topological polar surface area (TPSA) is 26.0 Å². The SMILES string of the molecule is NC1(c2c(F)cccc2Br)CCCC1. The lowest BCUT2D eigenvalue weighted by atomic mass is 9.89. The average Bonchev–Trinajstić information content (AvgIpc) is 2.52. The van der Waals surface area contributed by atoms with Gasteiger partial charge in [0, 0.05) is 15.6 Å². The Kier molecular flexibility index (Phi) is 2.62. The summed E-state index contributed by atoms with van der Waals surface area (Å²) in [6.45, 7) is 0. The summed E-state index contributed by atoms with van der Waals surface area (Å²) in [4.78, 5) is 0. The van der Waals surface area contributed by atoms with Gasteiger partial charge in [-0.1, -0.05) is 34.8 Å². The van der Waals surface area contributed by atoms with E-state index in [2.05, 4.69) is 15.9 Å². The van der Waals surface area contributed by atoms with Gasteiger partial charge in [0.25, 0.3) is 0 Å². The number of nitrogens with two attached hydrogens (primary N) is 1. The second-order valence-corrected chi connectivity index (χ2v) is 4.81. The first-order valence-corrected chi connectivity index (χ1v) is 5.66. The standard InChI is InChI=1S/C11H13BrFN/c12-8-4-3-5-9(13)10(8)11(14)6-1-2-7-11/h3-5H,1-2,6-7,14H2. The maximum atomic E-state index is 13.6. The summed E-state index contributed by atoms with van der Waals surface area (Å²) in [5, 5.41) is 0. The van der Waals surface area contributed by atoms with E-state index in [9.17, 15) is 4.39 Å². The minimum Gasteiger partial charge on any atom is -0.321 e. The Morgan fingerprint density at radius 1 is 1.29 bits per heavy atom. The lowest BCUT2D eigenvalue weighted by Gasteiger charge is -2.25. The first kappa shape index (κ1) is 10.1. The molecular weight excluding hydrogens is 245 g/mol. The third kappa shape index (κ3) is 1.59. The summed E-state index contributed by atoms with van der Waals surface area (Å²) in [7, 11) is 0. The highest BCUT2D eigenvalue weighted by Gasteiger charge is 2.35. The Morgan fingerprint density at radius 2 is 1.93 bits per heavy atom. The van der Waals surface area contributed by atoms with Crippen LogP contribution in [0.2, 0.25) is 0 Å². The van der Waals surface area contributed by atoms with Crippen molar-refractivity contribution in [2.45, 2.75) is 31.2 Å². The number of benzene rings is 1. The van der Waals surface area contributed by atoms with Crippen LogP contribution in [0.4, 0.5) is 4.39 Å². The van der Waals surface area contributed by atoms with Crippen molar-refractivity contribution in [3.63, 3.8) is 0 Å². The van der Waals surface area contributed by atoms with Gasteiger partial charge in [0.15, 0.2) is 0 Å². The van der Waals surface area contributed by atoms with Gasteiger partial charge in [-0.05, 0) is 25.0 Å². The number of hydrogen-bond acceptors (Lipinski definition) is 1. The molecule has 0 heterocycles. The summed E-state index contributed by atoms with van der Waals surface area (Å²) >= 11 is 3.37. The fraction of sp³-hybridized carbons (Fsp3) is 0.455. The van der Waals surface area contributed by atoms with Crippen LogP contribution >= 0.6 is 15.9 Å². The van der Waals surface area contributed by atoms with E-state index in [1.165, 1.54) is 6.07 Å². The quantitative estimate of drug-likeness (QED) is 0.821. The van der Waals surface area contributed by atoms with Gasteiger partial charge in [0.05, 0.1) is 0 Å². The highest BCUT2D eigenvalue weighted by atomic mass is 79.9. The molecule has 14 heavy (non-hydrogen) atoms. The van der Waals surface area contributed by atoms with Crippen molar-refractivity contribution in [1.82, 2.24) is 0 Å². The fourth-order valence-electron chi connectivity index (χ4n) is 2.23. The summed E-state index contributed by atoms with van der Waals surface area (Å²) in [6, 6.07) is 5.03. The van der Waals surface area contributed by atoms with Crippen LogP contribution in [0.1, 0.15) is 31.2 Å².